The van der Waals surface area contributed by atoms with Crippen molar-refractivity contribution < 1.29 is 9.53 Å². The third-order valence-corrected chi connectivity index (χ3v) is 4.25. The highest BCUT2D eigenvalue weighted by Gasteiger charge is 2.23. The molecule has 0 unspecified atom stereocenters. The van der Waals surface area contributed by atoms with E-state index in [4.69, 9.17) is 4.74 Å². The Morgan fingerprint density at radius 2 is 2.19 bits per heavy atom. The first-order valence-corrected chi connectivity index (χ1v) is 7.20. The van der Waals surface area contributed by atoms with Gasteiger partial charge in [0, 0.05) is 49.3 Å². The van der Waals surface area contributed by atoms with Crippen LogP contribution >= 0.6 is 0 Å². The predicted molar refractivity (Wildman–Crippen MR) is 82.5 cm³/mol. The van der Waals surface area contributed by atoms with Gasteiger partial charge in [-0.3, -0.25) is 9.69 Å². The number of aromatic nitrogens is 1. The van der Waals surface area contributed by atoms with Gasteiger partial charge in [0.25, 0.3) is 0 Å². The van der Waals surface area contributed by atoms with Gasteiger partial charge in [0.15, 0.2) is 0 Å². The van der Waals surface area contributed by atoms with Crippen molar-refractivity contribution in [2.75, 3.05) is 33.8 Å². The van der Waals surface area contributed by atoms with Gasteiger partial charge in [0.2, 0.25) is 5.91 Å². The Kier molecular flexibility index (Phi) is 3.59. The molecule has 0 bridgehead atoms. The number of rotatable bonds is 3. The van der Waals surface area contributed by atoms with Crippen LogP contribution in [0.5, 0.6) is 5.75 Å². The highest BCUT2D eigenvalue weighted by atomic mass is 16.5. The number of amides is 1. The highest BCUT2D eigenvalue weighted by molar-refractivity contribution is 5.88. The summed E-state index contributed by atoms with van der Waals surface area (Å²) in [6.07, 6.45) is 1.95. The van der Waals surface area contributed by atoms with Gasteiger partial charge in [-0.2, -0.15) is 0 Å². The maximum absolute atomic E-state index is 11.9. The fourth-order valence-corrected chi connectivity index (χ4v) is 2.95. The normalized spacial score (nSPS) is 16.7. The van der Waals surface area contributed by atoms with E-state index in [9.17, 15) is 4.79 Å². The van der Waals surface area contributed by atoms with Gasteiger partial charge in [-0.1, -0.05) is 0 Å². The zero-order chi connectivity index (χ0) is 15.0. The summed E-state index contributed by atoms with van der Waals surface area (Å²) in [5.41, 5.74) is 3.47. The predicted octanol–water partition coefficient (Wildman–Crippen LogP) is 1.76. The van der Waals surface area contributed by atoms with E-state index < -0.39 is 0 Å². The van der Waals surface area contributed by atoms with Crippen molar-refractivity contribution in [3.63, 3.8) is 0 Å². The lowest BCUT2D eigenvalue weighted by molar-refractivity contribution is -0.134. The van der Waals surface area contributed by atoms with E-state index in [1.807, 2.05) is 13.2 Å². The second-order valence-corrected chi connectivity index (χ2v) is 5.67. The van der Waals surface area contributed by atoms with E-state index in [1.54, 1.807) is 12.0 Å². The summed E-state index contributed by atoms with van der Waals surface area (Å²) in [5.74, 6) is 1.07. The number of carbonyl (C=O) groups is 1. The van der Waals surface area contributed by atoms with Crippen LogP contribution in [-0.4, -0.2) is 54.5 Å². The second kappa shape index (κ2) is 5.41. The fraction of sp³-hybridized carbons (Fsp3) is 0.438. The molecule has 2 heterocycles. The molecule has 1 aromatic heterocycles. The molecule has 0 spiro atoms. The molecule has 0 saturated carbocycles. The molecular weight excluding hydrogens is 266 g/mol. The van der Waals surface area contributed by atoms with Crippen LogP contribution in [0.2, 0.25) is 0 Å². The number of H-pyrrole nitrogens is 1. The van der Waals surface area contributed by atoms with Gasteiger partial charge in [-0.15, -0.1) is 0 Å². The smallest absolute Gasteiger partial charge is 0.236 e. The van der Waals surface area contributed by atoms with Crippen molar-refractivity contribution in [3.05, 3.63) is 29.5 Å². The van der Waals surface area contributed by atoms with E-state index in [0.717, 1.165) is 36.5 Å². The van der Waals surface area contributed by atoms with Crippen molar-refractivity contribution in [2.45, 2.75) is 13.5 Å². The summed E-state index contributed by atoms with van der Waals surface area (Å²) in [4.78, 5) is 19.1. The molecule has 2 aromatic rings. The number of benzene rings is 1. The molecule has 1 fully saturated rings. The molecule has 1 aromatic carbocycles. The number of nitrogens with zero attached hydrogens (tertiary/aromatic N) is 2. The summed E-state index contributed by atoms with van der Waals surface area (Å²) in [6, 6.07) is 4.14. The van der Waals surface area contributed by atoms with Gasteiger partial charge in [-0.05, 0) is 24.6 Å². The largest absolute Gasteiger partial charge is 0.496 e. The van der Waals surface area contributed by atoms with Gasteiger partial charge >= 0.3 is 0 Å². The van der Waals surface area contributed by atoms with Crippen LogP contribution in [0.25, 0.3) is 10.9 Å². The maximum Gasteiger partial charge on any atom is 0.236 e. The number of fused-ring (bicyclic) bond motifs is 1. The summed E-state index contributed by atoms with van der Waals surface area (Å²) in [6.45, 7) is 4.95. The molecule has 1 N–H and O–H groups in total. The molecule has 1 aliphatic heterocycles. The number of likely N-dealkylation sites (N-methyl/N-ethyl adjacent to an activating group) is 1. The van der Waals surface area contributed by atoms with Crippen LogP contribution < -0.4 is 4.74 Å². The Balaban J connectivity index is 1.94. The Morgan fingerprint density at radius 3 is 2.90 bits per heavy atom. The number of hydrogen-bond acceptors (Lipinski definition) is 3. The van der Waals surface area contributed by atoms with Gasteiger partial charge in [0.1, 0.15) is 5.75 Å². The van der Waals surface area contributed by atoms with Crippen molar-refractivity contribution >= 4 is 16.8 Å². The Labute approximate surface area is 124 Å². The molecule has 1 amide bonds. The van der Waals surface area contributed by atoms with E-state index >= 15 is 0 Å². The number of ether oxygens (including phenoxy) is 1. The first kappa shape index (κ1) is 13.9. The number of aromatic amines is 1. The summed E-state index contributed by atoms with van der Waals surface area (Å²) >= 11 is 0. The third kappa shape index (κ3) is 2.49. The van der Waals surface area contributed by atoms with E-state index in [0.29, 0.717) is 6.54 Å². The quantitative estimate of drug-likeness (QED) is 0.936. The van der Waals surface area contributed by atoms with Crippen molar-refractivity contribution in [3.8, 4) is 5.75 Å². The number of piperazine rings is 1. The minimum absolute atomic E-state index is 0.178. The van der Waals surface area contributed by atoms with E-state index in [1.165, 1.54) is 10.9 Å². The Bertz CT molecular complexity index is 677. The lowest BCUT2D eigenvalue weighted by Gasteiger charge is -2.32. The molecule has 3 rings (SSSR count). The molecule has 5 nitrogen and oxygen atoms in total. The summed E-state index contributed by atoms with van der Waals surface area (Å²) in [7, 11) is 3.56. The molecule has 1 saturated heterocycles. The van der Waals surface area contributed by atoms with Gasteiger partial charge in [-0.25, -0.2) is 0 Å². The molecule has 0 aliphatic carbocycles. The van der Waals surface area contributed by atoms with E-state index in [2.05, 4.69) is 28.9 Å². The minimum Gasteiger partial charge on any atom is -0.496 e. The number of nitrogens with one attached hydrogen (secondary N) is 1. The molecule has 1 aliphatic rings. The van der Waals surface area contributed by atoms with Crippen LogP contribution in [0.3, 0.4) is 0 Å². The first-order valence-electron chi connectivity index (χ1n) is 7.20. The minimum atomic E-state index is 0.178. The summed E-state index contributed by atoms with van der Waals surface area (Å²) < 4.78 is 5.56. The van der Waals surface area contributed by atoms with E-state index in [-0.39, 0.29) is 5.91 Å². The highest BCUT2D eigenvalue weighted by Crippen LogP contribution is 2.31. The SMILES string of the molecule is COc1cc(C)c2[nH]ccc2c1CN1CCN(C)C(=O)C1. The monoisotopic (exact) mass is 287 g/mol. The van der Waals surface area contributed by atoms with Gasteiger partial charge in [0.05, 0.1) is 13.7 Å². The van der Waals surface area contributed by atoms with Crippen LogP contribution in [-0.2, 0) is 11.3 Å². The third-order valence-electron chi connectivity index (χ3n) is 4.25. The second-order valence-electron chi connectivity index (χ2n) is 5.67. The zero-order valence-corrected chi connectivity index (χ0v) is 12.8. The van der Waals surface area contributed by atoms with Crippen molar-refractivity contribution in [1.29, 1.82) is 0 Å². The topological polar surface area (TPSA) is 48.6 Å². The van der Waals surface area contributed by atoms with Crippen LogP contribution in [0.4, 0.5) is 0 Å². The molecule has 0 atom stereocenters. The van der Waals surface area contributed by atoms with Crippen molar-refractivity contribution in [2.24, 2.45) is 0 Å². The zero-order valence-electron chi connectivity index (χ0n) is 12.8. The molecule has 0 radical (unpaired) electrons. The number of carbonyl (C=O) groups excluding carboxylic acids is 1. The fourth-order valence-electron chi connectivity index (χ4n) is 2.95. The van der Waals surface area contributed by atoms with Crippen LogP contribution in [0.15, 0.2) is 18.3 Å². The standard InChI is InChI=1S/C16H21N3O2/c1-11-8-14(21-3)13(12-4-5-17-16(11)12)9-19-7-6-18(2)15(20)10-19/h4-5,8,17H,6-7,9-10H2,1-3H3. The number of aryl methyl sites for hydroxylation is 1. The molecule has 112 valence electrons. The molecule has 21 heavy (non-hydrogen) atoms. The van der Waals surface area contributed by atoms with Crippen molar-refractivity contribution in [1.82, 2.24) is 14.8 Å². The van der Waals surface area contributed by atoms with Crippen LogP contribution in [0, 0.1) is 6.92 Å². The number of hydrogen-bond donors (Lipinski definition) is 1. The maximum atomic E-state index is 11.9. The molecular formula is C16H21N3O2. The Hall–Kier alpha value is -2.01. The molecule has 5 heteroatoms. The average molecular weight is 287 g/mol. The van der Waals surface area contributed by atoms with Crippen LogP contribution in [0.1, 0.15) is 11.1 Å². The average Bonchev–Trinajstić information content (AvgIpc) is 2.95. The Morgan fingerprint density at radius 1 is 1.38 bits per heavy atom. The lowest BCUT2D eigenvalue weighted by Crippen LogP contribution is -2.48. The first-order chi connectivity index (χ1) is 10.1. The number of methoxy groups -OCH3 is 1. The lowest BCUT2D eigenvalue weighted by atomic mass is 10.0. The summed E-state index contributed by atoms with van der Waals surface area (Å²) in [5, 5.41) is 1.18. The van der Waals surface area contributed by atoms with Gasteiger partial charge < -0.3 is 14.6 Å².